The van der Waals surface area contributed by atoms with E-state index in [4.69, 9.17) is 0 Å². The maximum absolute atomic E-state index is 11.6. The second kappa shape index (κ2) is 5.74. The standard InChI is InChI=1S/C8H10BrNO4S2/c1-14-8(11)2-3-16(12,13)5-7-10-4-6(9)15-7/h4H,2-3,5H2,1H3. The number of nitrogens with zero attached hydrogens (tertiary/aromatic N) is 1. The van der Waals surface area contributed by atoms with Gasteiger partial charge in [-0.3, -0.25) is 4.79 Å². The number of sulfone groups is 1. The summed E-state index contributed by atoms with van der Waals surface area (Å²) in [5.41, 5.74) is 0. The second-order valence-corrected chi connectivity index (χ2v) is 7.65. The molecule has 0 fully saturated rings. The Bertz CT molecular complexity index is 468. The van der Waals surface area contributed by atoms with E-state index in [9.17, 15) is 13.2 Å². The number of rotatable bonds is 5. The SMILES string of the molecule is COC(=O)CCS(=O)(=O)Cc1ncc(Br)s1. The van der Waals surface area contributed by atoms with Crippen LogP contribution in [-0.4, -0.2) is 32.2 Å². The van der Waals surface area contributed by atoms with Gasteiger partial charge in [0.05, 0.1) is 29.3 Å². The fourth-order valence-corrected chi connectivity index (χ4v) is 3.90. The number of thiazole rings is 1. The highest BCUT2D eigenvalue weighted by atomic mass is 79.9. The molecule has 90 valence electrons. The van der Waals surface area contributed by atoms with E-state index < -0.39 is 15.8 Å². The Morgan fingerprint density at radius 1 is 1.62 bits per heavy atom. The first-order valence-electron chi connectivity index (χ1n) is 4.30. The van der Waals surface area contributed by atoms with Crippen LogP contribution >= 0.6 is 27.3 Å². The molecule has 0 spiro atoms. The number of methoxy groups -OCH3 is 1. The van der Waals surface area contributed by atoms with Crippen molar-refractivity contribution in [1.82, 2.24) is 4.98 Å². The summed E-state index contributed by atoms with van der Waals surface area (Å²) in [6.45, 7) is 0. The van der Waals surface area contributed by atoms with Gasteiger partial charge in [-0.25, -0.2) is 13.4 Å². The first-order valence-corrected chi connectivity index (χ1v) is 7.73. The summed E-state index contributed by atoms with van der Waals surface area (Å²) in [6.07, 6.45) is 1.43. The molecule has 16 heavy (non-hydrogen) atoms. The summed E-state index contributed by atoms with van der Waals surface area (Å²) in [5, 5.41) is 0.511. The van der Waals surface area contributed by atoms with Crippen molar-refractivity contribution < 1.29 is 17.9 Å². The fourth-order valence-electron chi connectivity index (χ4n) is 0.956. The Balaban J connectivity index is 2.55. The first-order chi connectivity index (χ1) is 7.43. The van der Waals surface area contributed by atoms with Gasteiger partial charge in [-0.05, 0) is 15.9 Å². The summed E-state index contributed by atoms with van der Waals surface area (Å²) >= 11 is 4.47. The van der Waals surface area contributed by atoms with Gasteiger partial charge in [0.1, 0.15) is 10.8 Å². The zero-order chi connectivity index (χ0) is 12.2. The number of carbonyl (C=O) groups excluding carboxylic acids is 1. The first kappa shape index (κ1) is 13.6. The molecule has 0 aliphatic carbocycles. The highest BCUT2D eigenvalue weighted by Gasteiger charge is 2.16. The molecule has 0 aliphatic rings. The van der Waals surface area contributed by atoms with Crippen molar-refractivity contribution in [3.05, 3.63) is 15.0 Å². The average molecular weight is 328 g/mol. The van der Waals surface area contributed by atoms with Gasteiger partial charge in [0.2, 0.25) is 0 Å². The molecular weight excluding hydrogens is 318 g/mol. The van der Waals surface area contributed by atoms with Crippen LogP contribution in [0.4, 0.5) is 0 Å². The van der Waals surface area contributed by atoms with E-state index in [0.29, 0.717) is 5.01 Å². The van der Waals surface area contributed by atoms with Gasteiger partial charge >= 0.3 is 5.97 Å². The minimum absolute atomic E-state index is 0.120. The number of ether oxygens (including phenoxy) is 1. The summed E-state index contributed by atoms with van der Waals surface area (Å²) in [4.78, 5) is 14.7. The number of carbonyl (C=O) groups is 1. The van der Waals surface area contributed by atoms with Crippen LogP contribution in [0.3, 0.4) is 0 Å². The maximum Gasteiger partial charge on any atom is 0.306 e. The van der Waals surface area contributed by atoms with E-state index in [1.165, 1.54) is 18.4 Å². The molecule has 0 saturated carbocycles. The van der Waals surface area contributed by atoms with Gasteiger partial charge in [0.15, 0.2) is 9.84 Å². The van der Waals surface area contributed by atoms with E-state index in [1.807, 2.05) is 0 Å². The van der Waals surface area contributed by atoms with Crippen LogP contribution < -0.4 is 0 Å². The molecule has 0 radical (unpaired) electrons. The maximum atomic E-state index is 11.6. The lowest BCUT2D eigenvalue weighted by Gasteiger charge is -2.00. The third kappa shape index (κ3) is 4.58. The number of halogens is 1. The van der Waals surface area contributed by atoms with E-state index in [2.05, 4.69) is 25.7 Å². The third-order valence-electron chi connectivity index (χ3n) is 1.71. The predicted molar refractivity (Wildman–Crippen MR) is 63.9 cm³/mol. The van der Waals surface area contributed by atoms with Crippen molar-refractivity contribution in [2.75, 3.05) is 12.9 Å². The molecule has 1 aromatic heterocycles. The van der Waals surface area contributed by atoms with Gasteiger partial charge in [0.25, 0.3) is 0 Å². The largest absolute Gasteiger partial charge is 0.469 e. The highest BCUT2D eigenvalue weighted by Crippen LogP contribution is 2.21. The average Bonchev–Trinajstić information content (AvgIpc) is 2.59. The van der Waals surface area contributed by atoms with Crippen molar-refractivity contribution in [2.24, 2.45) is 0 Å². The zero-order valence-corrected chi connectivity index (χ0v) is 11.7. The molecule has 0 aliphatic heterocycles. The van der Waals surface area contributed by atoms with Crippen LogP contribution in [0.25, 0.3) is 0 Å². The van der Waals surface area contributed by atoms with Crippen molar-refractivity contribution in [3.8, 4) is 0 Å². The number of hydrogen-bond acceptors (Lipinski definition) is 6. The summed E-state index contributed by atoms with van der Waals surface area (Å²) in [6, 6.07) is 0. The quantitative estimate of drug-likeness (QED) is 0.764. The van der Waals surface area contributed by atoms with Crippen molar-refractivity contribution in [3.63, 3.8) is 0 Å². The summed E-state index contributed by atoms with van der Waals surface area (Å²) in [7, 11) is -2.07. The van der Waals surface area contributed by atoms with Gasteiger partial charge in [-0.2, -0.15) is 0 Å². The fraction of sp³-hybridized carbons (Fsp3) is 0.500. The molecule has 0 unspecified atom stereocenters. The Labute approximate surface area is 106 Å². The van der Waals surface area contributed by atoms with E-state index in [-0.39, 0.29) is 17.9 Å². The third-order valence-corrected chi connectivity index (χ3v) is 4.91. The van der Waals surface area contributed by atoms with Crippen molar-refractivity contribution in [1.29, 1.82) is 0 Å². The normalized spacial score (nSPS) is 11.4. The Morgan fingerprint density at radius 2 is 2.31 bits per heavy atom. The lowest BCUT2D eigenvalue weighted by molar-refractivity contribution is -0.140. The summed E-state index contributed by atoms with van der Waals surface area (Å²) in [5.74, 6) is -0.874. The molecule has 0 saturated heterocycles. The molecule has 1 aromatic rings. The number of hydrogen-bond donors (Lipinski definition) is 0. The van der Waals surface area contributed by atoms with Crippen LogP contribution in [0, 0.1) is 0 Å². The minimum atomic E-state index is -3.30. The van der Waals surface area contributed by atoms with Crippen LogP contribution in [0.15, 0.2) is 9.98 Å². The van der Waals surface area contributed by atoms with Crippen LogP contribution in [-0.2, 0) is 25.1 Å². The topological polar surface area (TPSA) is 73.3 Å². The Kier molecular flexibility index (Phi) is 4.88. The van der Waals surface area contributed by atoms with Gasteiger partial charge in [-0.1, -0.05) is 0 Å². The van der Waals surface area contributed by atoms with Crippen LogP contribution in [0.2, 0.25) is 0 Å². The number of aromatic nitrogens is 1. The molecular formula is C8H10BrNO4S2. The zero-order valence-electron chi connectivity index (χ0n) is 8.47. The molecule has 0 N–H and O–H groups in total. The monoisotopic (exact) mass is 327 g/mol. The van der Waals surface area contributed by atoms with E-state index in [1.54, 1.807) is 6.20 Å². The van der Waals surface area contributed by atoms with Crippen molar-refractivity contribution in [2.45, 2.75) is 12.2 Å². The summed E-state index contributed by atoms with van der Waals surface area (Å²) < 4.78 is 28.3. The number of esters is 1. The molecule has 5 nitrogen and oxygen atoms in total. The smallest absolute Gasteiger partial charge is 0.306 e. The molecule has 0 aromatic carbocycles. The molecule has 8 heteroatoms. The minimum Gasteiger partial charge on any atom is -0.469 e. The highest BCUT2D eigenvalue weighted by molar-refractivity contribution is 9.11. The van der Waals surface area contributed by atoms with Crippen LogP contribution in [0.1, 0.15) is 11.4 Å². The Hall–Kier alpha value is -0.470. The molecule has 1 rings (SSSR count). The molecule has 0 atom stereocenters. The Morgan fingerprint density at radius 3 is 2.81 bits per heavy atom. The second-order valence-electron chi connectivity index (χ2n) is 2.98. The predicted octanol–water partition coefficient (Wildman–Crippen LogP) is 1.38. The van der Waals surface area contributed by atoms with E-state index >= 15 is 0 Å². The lowest BCUT2D eigenvalue weighted by atomic mass is 10.5. The lowest BCUT2D eigenvalue weighted by Crippen LogP contribution is -2.13. The van der Waals surface area contributed by atoms with Crippen molar-refractivity contribution >= 4 is 43.1 Å². The van der Waals surface area contributed by atoms with Gasteiger partial charge in [-0.15, -0.1) is 11.3 Å². The molecule has 0 amide bonds. The van der Waals surface area contributed by atoms with Gasteiger partial charge < -0.3 is 4.74 Å². The molecule has 0 bridgehead atoms. The molecule has 1 heterocycles. The van der Waals surface area contributed by atoms with E-state index in [0.717, 1.165) is 3.79 Å². The van der Waals surface area contributed by atoms with Gasteiger partial charge in [0, 0.05) is 0 Å². The van der Waals surface area contributed by atoms with Crippen LogP contribution in [0.5, 0.6) is 0 Å².